The van der Waals surface area contributed by atoms with Gasteiger partial charge in [-0.2, -0.15) is 0 Å². The fourth-order valence-corrected chi connectivity index (χ4v) is 15.5. The zero-order valence-electron chi connectivity index (χ0n) is 32.6. The topological polar surface area (TPSA) is 0 Å². The Labute approximate surface area is 307 Å². The maximum atomic E-state index is 2.43. The zero-order chi connectivity index (χ0) is 34.8. The third kappa shape index (κ3) is 17.1. The lowest BCUT2D eigenvalue weighted by molar-refractivity contribution is 0.585. The Balaban J connectivity index is 1.45. The molecule has 0 nitrogen and oxygen atoms in total. The Morgan fingerprint density at radius 2 is 0.776 bits per heavy atom. The van der Waals surface area contributed by atoms with Gasteiger partial charge in [-0.15, -0.1) is 0 Å². The number of unbranched alkanes of at least 4 members (excludes halogenated alkanes) is 17. The minimum Gasteiger partial charge on any atom is -0.0654 e. The number of hydrogen-bond donors (Lipinski definition) is 0. The lowest BCUT2D eigenvalue weighted by Crippen LogP contribution is -2.18. The van der Waals surface area contributed by atoms with Crippen molar-refractivity contribution in [2.24, 2.45) is 0 Å². The summed E-state index contributed by atoms with van der Waals surface area (Å²) in [5.41, 5.74) is 4.55. The molecule has 0 spiro atoms. The lowest BCUT2D eigenvalue weighted by atomic mass is 10.1. The van der Waals surface area contributed by atoms with Gasteiger partial charge >= 0.3 is 0 Å². The van der Waals surface area contributed by atoms with Crippen LogP contribution in [0.1, 0.15) is 159 Å². The summed E-state index contributed by atoms with van der Waals surface area (Å²) in [6.07, 6.45) is 36.0. The van der Waals surface area contributed by atoms with Crippen LogP contribution in [0.4, 0.5) is 0 Å². The van der Waals surface area contributed by atoms with E-state index in [1.165, 1.54) is 152 Å². The summed E-state index contributed by atoms with van der Waals surface area (Å²) in [5.74, 6) is 0. The summed E-state index contributed by atoms with van der Waals surface area (Å²) < 4.78 is 0. The van der Waals surface area contributed by atoms with Crippen molar-refractivity contribution in [3.05, 3.63) is 95.6 Å². The van der Waals surface area contributed by atoms with Crippen LogP contribution < -0.4 is 10.6 Å². The predicted molar refractivity (Wildman–Crippen MR) is 229 cm³/mol. The molecular formula is C47H75P2+. The van der Waals surface area contributed by atoms with E-state index < -0.39 is 7.26 Å². The summed E-state index contributed by atoms with van der Waals surface area (Å²) in [5, 5.41) is 3.18. The maximum Gasteiger partial charge on any atom is 0.0842 e. The smallest absolute Gasteiger partial charge is 0.0654 e. The third-order valence-electron chi connectivity index (χ3n) is 10.9. The van der Waals surface area contributed by atoms with Crippen molar-refractivity contribution in [2.75, 3.05) is 24.6 Å². The molecule has 3 rings (SSSR count). The molecule has 0 aromatic heterocycles. The van der Waals surface area contributed by atoms with E-state index in [2.05, 4.69) is 107 Å². The molecule has 0 bridgehead atoms. The highest BCUT2D eigenvalue weighted by atomic mass is 31.2. The highest BCUT2D eigenvalue weighted by molar-refractivity contribution is 7.75. The summed E-state index contributed by atoms with van der Waals surface area (Å²) in [6.45, 7) is 9.29. The second-order valence-electron chi connectivity index (χ2n) is 15.2. The van der Waals surface area contributed by atoms with Gasteiger partial charge in [-0.05, 0) is 100 Å². The van der Waals surface area contributed by atoms with Crippen LogP contribution in [0.3, 0.4) is 0 Å². The highest BCUT2D eigenvalue weighted by Crippen LogP contribution is 2.63. The molecule has 49 heavy (non-hydrogen) atoms. The molecular weight excluding hydrogens is 626 g/mol. The van der Waals surface area contributed by atoms with Gasteiger partial charge in [0, 0.05) is 7.26 Å². The molecule has 0 heterocycles. The first-order chi connectivity index (χ1) is 24.1. The number of hydrogen-bond acceptors (Lipinski definition) is 0. The number of aryl methyl sites for hydroxylation is 2. The normalized spacial score (nSPS) is 11.9. The Morgan fingerprint density at radius 1 is 0.408 bits per heavy atom. The molecule has 0 atom stereocenters. The highest BCUT2D eigenvalue weighted by Gasteiger charge is 2.36. The van der Waals surface area contributed by atoms with Crippen LogP contribution in [0.15, 0.2) is 78.9 Å². The van der Waals surface area contributed by atoms with Crippen LogP contribution in [0.25, 0.3) is 0 Å². The Bertz CT molecular complexity index is 1160. The predicted octanol–water partition coefficient (Wildman–Crippen LogP) is 14.8. The minimum absolute atomic E-state index is 0.270. The largest absolute Gasteiger partial charge is 0.0842 e. The van der Waals surface area contributed by atoms with Gasteiger partial charge in [-0.25, -0.2) is 0 Å². The molecule has 0 amide bonds. The molecule has 0 saturated carbocycles. The van der Waals surface area contributed by atoms with Crippen molar-refractivity contribution in [3.63, 3.8) is 0 Å². The van der Waals surface area contributed by atoms with Crippen LogP contribution in [-0.4, -0.2) is 24.6 Å². The summed E-state index contributed by atoms with van der Waals surface area (Å²) in [7, 11) is -1.24. The maximum absolute atomic E-state index is 2.43. The molecule has 0 aliphatic rings. The third-order valence-corrected chi connectivity index (χ3v) is 18.7. The van der Waals surface area contributed by atoms with E-state index in [1.807, 2.05) is 0 Å². The van der Waals surface area contributed by atoms with E-state index in [-0.39, 0.29) is 7.92 Å². The average Bonchev–Trinajstić information content (AvgIpc) is 3.11. The van der Waals surface area contributed by atoms with E-state index in [9.17, 15) is 0 Å². The first kappa shape index (κ1) is 41.9. The van der Waals surface area contributed by atoms with Gasteiger partial charge in [0.25, 0.3) is 0 Å². The molecule has 3 aromatic carbocycles. The molecule has 272 valence electrons. The van der Waals surface area contributed by atoms with E-state index in [0.717, 1.165) is 0 Å². The second kappa shape index (κ2) is 26.3. The molecule has 0 aliphatic carbocycles. The van der Waals surface area contributed by atoms with Gasteiger partial charge in [-0.1, -0.05) is 176 Å². The van der Waals surface area contributed by atoms with Crippen molar-refractivity contribution < 1.29 is 0 Å². The van der Waals surface area contributed by atoms with Crippen LogP contribution in [0.2, 0.25) is 0 Å². The minimum atomic E-state index is -0.966. The molecule has 0 aliphatic heterocycles. The SMILES string of the molecule is CCCCCCCC[P+](CCCCCCCC)(CCCCCCCCCCP(c1ccccc1C)c1ccccc1C)Cc1ccccc1. The van der Waals surface area contributed by atoms with Crippen molar-refractivity contribution >= 4 is 25.8 Å². The Hall–Kier alpha value is -1.48. The average molecular weight is 702 g/mol. The summed E-state index contributed by atoms with van der Waals surface area (Å²) in [6, 6.07) is 29.9. The van der Waals surface area contributed by atoms with Gasteiger partial charge in [0.15, 0.2) is 0 Å². The van der Waals surface area contributed by atoms with Gasteiger partial charge < -0.3 is 0 Å². The summed E-state index contributed by atoms with van der Waals surface area (Å²) >= 11 is 0. The van der Waals surface area contributed by atoms with E-state index in [4.69, 9.17) is 0 Å². The van der Waals surface area contributed by atoms with E-state index >= 15 is 0 Å². The fraction of sp³-hybridized carbons (Fsp3) is 0.617. The quantitative estimate of drug-likeness (QED) is 0.0499. The first-order valence-corrected chi connectivity index (χ1v) is 24.9. The Morgan fingerprint density at radius 3 is 1.20 bits per heavy atom. The van der Waals surface area contributed by atoms with E-state index in [0.29, 0.717) is 0 Å². The van der Waals surface area contributed by atoms with Crippen molar-refractivity contribution in [2.45, 2.75) is 162 Å². The molecule has 0 N–H and O–H groups in total. The lowest BCUT2D eigenvalue weighted by Gasteiger charge is -2.28. The molecule has 0 unspecified atom stereocenters. The van der Waals surface area contributed by atoms with Crippen LogP contribution in [-0.2, 0) is 6.16 Å². The van der Waals surface area contributed by atoms with Crippen molar-refractivity contribution in [1.29, 1.82) is 0 Å². The number of benzene rings is 3. The second-order valence-corrected chi connectivity index (χ2v) is 21.9. The monoisotopic (exact) mass is 702 g/mol. The van der Waals surface area contributed by atoms with Crippen molar-refractivity contribution in [1.82, 2.24) is 0 Å². The molecule has 0 fully saturated rings. The first-order valence-electron chi connectivity index (χ1n) is 20.9. The fourth-order valence-electron chi connectivity index (χ4n) is 7.88. The number of rotatable bonds is 29. The summed E-state index contributed by atoms with van der Waals surface area (Å²) in [4.78, 5) is 0. The van der Waals surface area contributed by atoms with Gasteiger partial charge in [0.1, 0.15) is 0 Å². The zero-order valence-corrected chi connectivity index (χ0v) is 34.4. The molecule has 3 aromatic rings. The standard InChI is InChI=1S/C47H75P2/c1-5-7-9-11-18-29-39-49(40-30-19-12-10-8-6-2,42-45-34-22-21-23-35-45)41-31-20-16-14-13-15-17-28-38-48(46-36-26-24-32-43(46)3)47-37-27-25-33-44(47)4/h21-27,32-37H,5-20,28-31,38-42H2,1-4H3/q+1. The van der Waals surface area contributed by atoms with E-state index in [1.54, 1.807) is 34.7 Å². The molecule has 0 radical (unpaired) electrons. The van der Waals surface area contributed by atoms with Crippen LogP contribution >= 0.6 is 15.2 Å². The van der Waals surface area contributed by atoms with Gasteiger partial charge in [-0.3, -0.25) is 0 Å². The van der Waals surface area contributed by atoms with Gasteiger partial charge in [0.2, 0.25) is 0 Å². The van der Waals surface area contributed by atoms with Crippen LogP contribution in [0, 0.1) is 13.8 Å². The van der Waals surface area contributed by atoms with Crippen molar-refractivity contribution in [3.8, 4) is 0 Å². The molecule has 2 heteroatoms. The van der Waals surface area contributed by atoms with Crippen LogP contribution in [0.5, 0.6) is 0 Å². The molecule has 0 saturated heterocycles. The van der Waals surface area contributed by atoms with Gasteiger partial charge in [0.05, 0.1) is 24.6 Å². The Kier molecular flexibility index (Phi) is 22.5.